The molecule has 3 heterocycles. The molecular formula is C20H15N3O3. The summed E-state index contributed by atoms with van der Waals surface area (Å²) >= 11 is 0. The van der Waals surface area contributed by atoms with E-state index in [4.69, 9.17) is 0 Å². The molecule has 1 amide bonds. The summed E-state index contributed by atoms with van der Waals surface area (Å²) in [6, 6.07) is 10.9. The van der Waals surface area contributed by atoms with E-state index in [1.54, 1.807) is 31.5 Å². The summed E-state index contributed by atoms with van der Waals surface area (Å²) < 4.78 is 0. The third-order valence-electron chi connectivity index (χ3n) is 4.32. The summed E-state index contributed by atoms with van der Waals surface area (Å²) in [7, 11) is 0. The van der Waals surface area contributed by atoms with E-state index < -0.39 is 5.97 Å². The molecule has 0 radical (unpaired) electrons. The van der Waals surface area contributed by atoms with Gasteiger partial charge in [0.2, 0.25) is 0 Å². The highest BCUT2D eigenvalue weighted by atomic mass is 16.4. The van der Waals surface area contributed by atoms with E-state index in [1.807, 2.05) is 30.3 Å². The monoisotopic (exact) mass is 345 g/mol. The van der Waals surface area contributed by atoms with Gasteiger partial charge in [0.1, 0.15) is 0 Å². The van der Waals surface area contributed by atoms with Crippen molar-refractivity contribution >= 4 is 29.2 Å². The molecule has 1 aliphatic heterocycles. The number of aromatic carboxylic acids is 1. The molecule has 0 aliphatic carbocycles. The highest BCUT2D eigenvalue weighted by Crippen LogP contribution is 2.40. The van der Waals surface area contributed by atoms with E-state index in [9.17, 15) is 14.7 Å². The number of rotatable bonds is 3. The van der Waals surface area contributed by atoms with Crippen LogP contribution in [0.15, 0.2) is 48.8 Å². The third-order valence-corrected chi connectivity index (χ3v) is 4.32. The topological polar surface area (TPSA) is 95.1 Å². The molecule has 0 saturated carbocycles. The Morgan fingerprint density at radius 2 is 1.96 bits per heavy atom. The highest BCUT2D eigenvalue weighted by Gasteiger charge is 2.28. The predicted molar refractivity (Wildman–Crippen MR) is 98.7 cm³/mol. The molecule has 3 aromatic rings. The van der Waals surface area contributed by atoms with E-state index >= 15 is 0 Å². The molecule has 0 bridgehead atoms. The summed E-state index contributed by atoms with van der Waals surface area (Å²) in [5.41, 5.74) is 4.96. The Morgan fingerprint density at radius 1 is 1.19 bits per heavy atom. The maximum absolute atomic E-state index is 12.6. The summed E-state index contributed by atoms with van der Waals surface area (Å²) in [6.07, 6.45) is 4.99. The minimum absolute atomic E-state index is 0.137. The second-order valence-electron chi connectivity index (χ2n) is 6.06. The van der Waals surface area contributed by atoms with Crippen molar-refractivity contribution in [3.63, 3.8) is 0 Å². The van der Waals surface area contributed by atoms with E-state index in [0.29, 0.717) is 17.0 Å². The van der Waals surface area contributed by atoms with E-state index in [2.05, 4.69) is 15.3 Å². The fraction of sp³-hybridized carbons (Fsp3) is 0.0500. The summed E-state index contributed by atoms with van der Waals surface area (Å²) in [5, 5.41) is 12.2. The first kappa shape index (κ1) is 15.8. The Labute approximate surface area is 149 Å². The number of carbonyl (C=O) groups excluding carboxylic acids is 1. The van der Waals surface area contributed by atoms with Gasteiger partial charge in [0, 0.05) is 29.3 Å². The maximum Gasteiger partial charge on any atom is 0.337 e. The Hall–Kier alpha value is -3.67. The molecule has 0 unspecified atom stereocenters. The number of anilines is 1. The van der Waals surface area contributed by atoms with Crippen LogP contribution in [0.2, 0.25) is 0 Å². The summed E-state index contributed by atoms with van der Waals surface area (Å²) in [6.45, 7) is 1.78. The van der Waals surface area contributed by atoms with Crippen molar-refractivity contribution in [1.82, 2.24) is 9.97 Å². The molecule has 128 valence electrons. The molecule has 3 N–H and O–H groups in total. The largest absolute Gasteiger partial charge is 0.478 e. The number of amides is 1. The van der Waals surface area contributed by atoms with Gasteiger partial charge in [-0.05, 0) is 48.4 Å². The number of aromatic amines is 1. The standard InChI is InChI=1S/C20H15N3O3/c1-11-9-14(20(25)26)17(22-11)10-15-18-13(12-5-7-21-8-6-12)3-2-4-16(18)23-19(15)24/h2-10,22H,1H3,(H,23,24)(H,25,26). The van der Waals surface area contributed by atoms with E-state index in [-0.39, 0.29) is 11.5 Å². The van der Waals surface area contributed by atoms with Crippen LogP contribution in [0.1, 0.15) is 27.3 Å². The number of benzene rings is 1. The molecule has 0 saturated heterocycles. The van der Waals surface area contributed by atoms with Crippen molar-refractivity contribution in [3.05, 3.63) is 71.3 Å². The number of pyridine rings is 1. The van der Waals surface area contributed by atoms with Crippen LogP contribution in [0.25, 0.3) is 22.8 Å². The quantitative estimate of drug-likeness (QED) is 0.632. The van der Waals surface area contributed by atoms with Gasteiger partial charge in [-0.25, -0.2) is 4.79 Å². The maximum atomic E-state index is 12.6. The Kier molecular flexibility index (Phi) is 3.65. The van der Waals surface area contributed by atoms with Gasteiger partial charge in [0.25, 0.3) is 5.91 Å². The van der Waals surface area contributed by atoms with Crippen LogP contribution in [0, 0.1) is 6.92 Å². The molecule has 0 spiro atoms. The van der Waals surface area contributed by atoms with Crippen molar-refractivity contribution in [2.24, 2.45) is 0 Å². The number of fused-ring (bicyclic) bond motifs is 1. The van der Waals surface area contributed by atoms with Gasteiger partial charge in [-0.3, -0.25) is 9.78 Å². The molecule has 2 aromatic heterocycles. The molecule has 4 rings (SSSR count). The zero-order valence-electron chi connectivity index (χ0n) is 13.9. The first-order chi connectivity index (χ1) is 12.5. The van der Waals surface area contributed by atoms with Gasteiger partial charge < -0.3 is 15.4 Å². The van der Waals surface area contributed by atoms with Gasteiger partial charge in [0.15, 0.2) is 0 Å². The van der Waals surface area contributed by atoms with Crippen molar-refractivity contribution < 1.29 is 14.7 Å². The zero-order chi connectivity index (χ0) is 18.3. The molecule has 0 fully saturated rings. The van der Waals surface area contributed by atoms with Crippen LogP contribution in [-0.2, 0) is 4.79 Å². The number of carboxylic acid groups (broad SMARTS) is 1. The van der Waals surface area contributed by atoms with Crippen LogP contribution >= 0.6 is 0 Å². The molecule has 6 nitrogen and oxygen atoms in total. The summed E-state index contributed by atoms with van der Waals surface area (Å²) in [5.74, 6) is -1.30. The van der Waals surface area contributed by atoms with Gasteiger partial charge >= 0.3 is 5.97 Å². The van der Waals surface area contributed by atoms with Crippen molar-refractivity contribution in [2.45, 2.75) is 6.92 Å². The molecule has 6 heteroatoms. The predicted octanol–water partition coefficient (Wildman–Crippen LogP) is 3.58. The van der Waals surface area contributed by atoms with Crippen LogP contribution in [0.5, 0.6) is 0 Å². The van der Waals surface area contributed by atoms with E-state index in [0.717, 1.165) is 22.4 Å². The smallest absolute Gasteiger partial charge is 0.337 e. The number of aryl methyl sites for hydroxylation is 1. The van der Waals surface area contributed by atoms with Crippen molar-refractivity contribution in [1.29, 1.82) is 0 Å². The fourth-order valence-corrected chi connectivity index (χ4v) is 3.20. The van der Waals surface area contributed by atoms with Crippen LogP contribution in [-0.4, -0.2) is 27.0 Å². The Balaban J connectivity index is 1.92. The second kappa shape index (κ2) is 6.00. The van der Waals surface area contributed by atoms with Crippen LogP contribution in [0.4, 0.5) is 5.69 Å². The van der Waals surface area contributed by atoms with Crippen molar-refractivity contribution in [2.75, 3.05) is 5.32 Å². The van der Waals surface area contributed by atoms with Crippen LogP contribution in [0.3, 0.4) is 0 Å². The third kappa shape index (κ3) is 2.57. The number of carboxylic acids is 1. The number of carbonyl (C=O) groups is 2. The van der Waals surface area contributed by atoms with Crippen LogP contribution < -0.4 is 5.32 Å². The minimum Gasteiger partial charge on any atom is -0.478 e. The number of nitrogens with one attached hydrogen (secondary N) is 2. The normalized spacial score (nSPS) is 14.3. The molecule has 0 atom stereocenters. The van der Waals surface area contributed by atoms with Gasteiger partial charge in [-0.15, -0.1) is 0 Å². The number of nitrogens with zero attached hydrogens (tertiary/aromatic N) is 1. The lowest BCUT2D eigenvalue weighted by Gasteiger charge is -2.08. The highest BCUT2D eigenvalue weighted by molar-refractivity contribution is 6.36. The average Bonchev–Trinajstić information content (AvgIpc) is 3.16. The zero-order valence-corrected chi connectivity index (χ0v) is 13.9. The van der Waals surface area contributed by atoms with E-state index in [1.165, 1.54) is 0 Å². The molecule has 1 aromatic carbocycles. The lowest BCUT2D eigenvalue weighted by Crippen LogP contribution is -2.04. The molecule has 26 heavy (non-hydrogen) atoms. The fourth-order valence-electron chi connectivity index (χ4n) is 3.20. The lowest BCUT2D eigenvalue weighted by atomic mass is 9.95. The number of hydrogen-bond acceptors (Lipinski definition) is 3. The van der Waals surface area contributed by atoms with Crippen molar-refractivity contribution in [3.8, 4) is 11.1 Å². The number of H-pyrrole nitrogens is 1. The number of hydrogen-bond donors (Lipinski definition) is 3. The first-order valence-electron chi connectivity index (χ1n) is 8.04. The minimum atomic E-state index is -1.04. The Bertz CT molecular complexity index is 1070. The van der Waals surface area contributed by atoms with Gasteiger partial charge in [-0.1, -0.05) is 12.1 Å². The first-order valence-corrected chi connectivity index (χ1v) is 8.04. The average molecular weight is 345 g/mol. The SMILES string of the molecule is Cc1cc(C(=O)O)c(C=C2C(=O)Nc3cccc(-c4ccncc4)c32)[nH]1. The van der Waals surface area contributed by atoms with Gasteiger partial charge in [-0.2, -0.15) is 0 Å². The lowest BCUT2D eigenvalue weighted by molar-refractivity contribution is -0.110. The molecular weight excluding hydrogens is 330 g/mol. The summed E-state index contributed by atoms with van der Waals surface area (Å²) in [4.78, 5) is 31.1. The Morgan fingerprint density at radius 3 is 2.69 bits per heavy atom. The molecule has 1 aliphatic rings. The van der Waals surface area contributed by atoms with Gasteiger partial charge in [0.05, 0.1) is 16.8 Å². The second-order valence-corrected chi connectivity index (χ2v) is 6.06. The number of aromatic nitrogens is 2.